The third-order valence-corrected chi connectivity index (χ3v) is 3.74. The third-order valence-electron chi connectivity index (χ3n) is 3.74. The zero-order valence-corrected chi connectivity index (χ0v) is 13.3. The molecule has 23 heavy (non-hydrogen) atoms. The van der Waals surface area contributed by atoms with E-state index in [9.17, 15) is 9.59 Å². The lowest BCUT2D eigenvalue weighted by Gasteiger charge is -2.16. The molecule has 5 heteroatoms. The van der Waals surface area contributed by atoms with Crippen molar-refractivity contribution in [2.24, 2.45) is 0 Å². The fourth-order valence-corrected chi connectivity index (χ4v) is 2.44. The normalized spacial score (nSPS) is 11.9. The molecule has 0 spiro atoms. The van der Waals surface area contributed by atoms with Gasteiger partial charge in [-0.05, 0) is 18.4 Å². The number of aryl methyl sites for hydroxylation is 1. The second-order valence-electron chi connectivity index (χ2n) is 5.37. The minimum atomic E-state index is -1.08. The number of hydrogen-bond donors (Lipinski definition) is 2. The number of hydrogen-bond acceptors (Lipinski definition) is 3. The molecule has 1 amide bonds. The highest BCUT2D eigenvalue weighted by Crippen LogP contribution is 2.17. The summed E-state index contributed by atoms with van der Waals surface area (Å²) in [5.41, 5.74) is 1.19. The smallest absolute Gasteiger partial charge is 0.339 e. The Labute approximate surface area is 135 Å². The number of benzene rings is 1. The highest BCUT2D eigenvalue weighted by molar-refractivity contribution is 5.96. The molecule has 0 saturated carbocycles. The van der Waals surface area contributed by atoms with Gasteiger partial charge in [-0.15, -0.1) is 0 Å². The number of aromatic carboxylic acids is 1. The van der Waals surface area contributed by atoms with Gasteiger partial charge in [-0.2, -0.15) is 0 Å². The van der Waals surface area contributed by atoms with E-state index in [2.05, 4.69) is 5.32 Å². The van der Waals surface area contributed by atoms with Crippen LogP contribution in [0.25, 0.3) is 0 Å². The molecule has 5 nitrogen and oxygen atoms in total. The van der Waals surface area contributed by atoms with Gasteiger partial charge in [0.15, 0.2) is 5.76 Å². The van der Waals surface area contributed by atoms with E-state index < -0.39 is 5.97 Å². The number of amides is 1. The summed E-state index contributed by atoms with van der Waals surface area (Å²) in [6.45, 7) is 3.79. The van der Waals surface area contributed by atoms with Gasteiger partial charge in [0.05, 0.1) is 0 Å². The van der Waals surface area contributed by atoms with E-state index in [-0.39, 0.29) is 23.3 Å². The van der Waals surface area contributed by atoms with Crippen molar-refractivity contribution in [2.45, 2.75) is 39.2 Å². The molecule has 1 atom stereocenters. The highest BCUT2D eigenvalue weighted by Gasteiger charge is 2.21. The van der Waals surface area contributed by atoms with Gasteiger partial charge in [0.25, 0.3) is 5.91 Å². The zero-order valence-electron chi connectivity index (χ0n) is 13.3. The maximum Gasteiger partial charge on any atom is 0.339 e. The molecule has 0 saturated heterocycles. The van der Waals surface area contributed by atoms with E-state index in [1.807, 2.05) is 37.3 Å². The van der Waals surface area contributed by atoms with Crippen molar-refractivity contribution in [1.82, 2.24) is 5.32 Å². The van der Waals surface area contributed by atoms with Gasteiger partial charge < -0.3 is 14.8 Å². The molecule has 1 heterocycles. The van der Waals surface area contributed by atoms with Crippen LogP contribution in [-0.2, 0) is 12.8 Å². The van der Waals surface area contributed by atoms with Crippen LogP contribution in [0.2, 0.25) is 0 Å². The van der Waals surface area contributed by atoms with Gasteiger partial charge in [0.2, 0.25) is 0 Å². The zero-order chi connectivity index (χ0) is 16.8. The lowest BCUT2D eigenvalue weighted by molar-refractivity contribution is 0.0694. The predicted molar refractivity (Wildman–Crippen MR) is 86.7 cm³/mol. The van der Waals surface area contributed by atoms with Crippen LogP contribution in [0.1, 0.15) is 52.5 Å². The fourth-order valence-electron chi connectivity index (χ4n) is 2.44. The van der Waals surface area contributed by atoms with Crippen LogP contribution in [0.15, 0.2) is 40.8 Å². The maximum absolute atomic E-state index is 12.3. The Balaban J connectivity index is 2.09. The number of rotatable bonds is 7. The lowest BCUT2D eigenvalue weighted by Crippen LogP contribution is -2.35. The van der Waals surface area contributed by atoms with Crippen LogP contribution < -0.4 is 5.32 Å². The molecular weight excluding hydrogens is 294 g/mol. The van der Waals surface area contributed by atoms with E-state index in [0.717, 1.165) is 18.4 Å². The van der Waals surface area contributed by atoms with E-state index in [1.54, 1.807) is 6.92 Å². The topological polar surface area (TPSA) is 79.5 Å². The Morgan fingerprint density at radius 2 is 1.91 bits per heavy atom. The Morgan fingerprint density at radius 3 is 2.43 bits per heavy atom. The van der Waals surface area contributed by atoms with Crippen molar-refractivity contribution < 1.29 is 19.1 Å². The second-order valence-corrected chi connectivity index (χ2v) is 5.37. The molecule has 2 N–H and O–H groups in total. The molecule has 2 rings (SSSR count). The maximum atomic E-state index is 12.3. The van der Waals surface area contributed by atoms with Crippen molar-refractivity contribution in [3.05, 3.63) is 59.0 Å². The molecule has 122 valence electrons. The monoisotopic (exact) mass is 315 g/mol. The molecule has 2 aromatic rings. The van der Waals surface area contributed by atoms with E-state index in [1.165, 1.54) is 6.07 Å². The van der Waals surface area contributed by atoms with Gasteiger partial charge in [0.1, 0.15) is 11.3 Å². The van der Waals surface area contributed by atoms with Crippen LogP contribution in [0.3, 0.4) is 0 Å². The Kier molecular flexibility index (Phi) is 5.57. The summed E-state index contributed by atoms with van der Waals surface area (Å²) >= 11 is 0. The largest absolute Gasteiger partial charge is 0.478 e. The van der Waals surface area contributed by atoms with Gasteiger partial charge >= 0.3 is 5.97 Å². The molecule has 1 aromatic heterocycles. The Hall–Kier alpha value is -2.56. The fraction of sp³-hybridized carbons (Fsp3) is 0.333. The van der Waals surface area contributed by atoms with Crippen molar-refractivity contribution in [3.8, 4) is 0 Å². The Bertz CT molecular complexity index is 676. The van der Waals surface area contributed by atoms with E-state index >= 15 is 0 Å². The third kappa shape index (κ3) is 4.22. The molecule has 0 aliphatic heterocycles. The first-order chi connectivity index (χ1) is 11.0. The van der Waals surface area contributed by atoms with Gasteiger partial charge in [0, 0.05) is 18.5 Å². The number of carbonyl (C=O) groups excluding carboxylic acids is 1. The summed E-state index contributed by atoms with van der Waals surface area (Å²) in [5, 5.41) is 12.0. The molecule has 1 unspecified atom stereocenters. The van der Waals surface area contributed by atoms with Crippen LogP contribution >= 0.6 is 0 Å². The first-order valence-electron chi connectivity index (χ1n) is 7.75. The number of nitrogens with one attached hydrogen (secondary N) is 1. The number of carboxylic acids is 1. The molecule has 0 bridgehead atoms. The van der Waals surface area contributed by atoms with Crippen molar-refractivity contribution >= 4 is 11.9 Å². The van der Waals surface area contributed by atoms with Crippen LogP contribution in [0.5, 0.6) is 0 Å². The van der Waals surface area contributed by atoms with Crippen molar-refractivity contribution in [3.63, 3.8) is 0 Å². The standard InChI is InChI=1S/C18H21NO4/c1-3-13(10-12-8-6-5-7-9-12)19-17(20)16-11-14(18(21)22)15(4-2)23-16/h5-9,11,13H,3-4,10H2,1-2H3,(H,19,20)(H,21,22). The summed E-state index contributed by atoms with van der Waals surface area (Å²) in [4.78, 5) is 23.5. The summed E-state index contributed by atoms with van der Waals surface area (Å²) in [6, 6.07) is 11.2. The summed E-state index contributed by atoms with van der Waals surface area (Å²) in [5.74, 6) is -1.10. The van der Waals surface area contributed by atoms with Crippen molar-refractivity contribution in [1.29, 1.82) is 0 Å². The minimum Gasteiger partial charge on any atom is -0.478 e. The van der Waals surface area contributed by atoms with Gasteiger partial charge in [-0.25, -0.2) is 4.79 Å². The van der Waals surface area contributed by atoms with Crippen molar-refractivity contribution in [2.75, 3.05) is 0 Å². The summed E-state index contributed by atoms with van der Waals surface area (Å²) in [7, 11) is 0. The average molecular weight is 315 g/mol. The molecule has 0 aliphatic rings. The van der Waals surface area contributed by atoms with Gasteiger partial charge in [-0.3, -0.25) is 4.79 Å². The molecular formula is C18H21NO4. The summed E-state index contributed by atoms with van der Waals surface area (Å²) < 4.78 is 5.39. The molecule has 0 fully saturated rings. The quantitative estimate of drug-likeness (QED) is 0.821. The van der Waals surface area contributed by atoms with Crippen LogP contribution in [-0.4, -0.2) is 23.0 Å². The van der Waals surface area contributed by atoms with Crippen LogP contribution in [0.4, 0.5) is 0 Å². The lowest BCUT2D eigenvalue weighted by atomic mass is 10.0. The van der Waals surface area contributed by atoms with Gasteiger partial charge in [-0.1, -0.05) is 44.2 Å². The second kappa shape index (κ2) is 7.63. The SMILES string of the molecule is CCc1oc(C(=O)NC(CC)Cc2ccccc2)cc1C(=O)O. The number of carboxylic acid groups (broad SMARTS) is 1. The predicted octanol–water partition coefficient (Wildman–Crippen LogP) is 3.29. The summed E-state index contributed by atoms with van der Waals surface area (Å²) in [6.07, 6.45) is 1.92. The minimum absolute atomic E-state index is 0.0339. The molecule has 0 aliphatic carbocycles. The molecule has 0 radical (unpaired) electrons. The highest BCUT2D eigenvalue weighted by atomic mass is 16.4. The first kappa shape index (κ1) is 16.8. The van der Waals surface area contributed by atoms with E-state index in [0.29, 0.717) is 12.2 Å². The van der Waals surface area contributed by atoms with E-state index in [4.69, 9.17) is 9.52 Å². The molecule has 1 aromatic carbocycles. The number of furan rings is 1. The average Bonchev–Trinajstić information content (AvgIpc) is 3.00. The number of carbonyl (C=O) groups is 2. The van der Waals surface area contributed by atoms with Crippen LogP contribution in [0, 0.1) is 0 Å². The first-order valence-corrected chi connectivity index (χ1v) is 7.75. The Morgan fingerprint density at radius 1 is 1.22 bits per heavy atom.